The van der Waals surface area contributed by atoms with E-state index < -0.39 is 0 Å². The molecule has 3 rings (SSSR count). The molecule has 2 aromatic heterocycles. The third kappa shape index (κ3) is 1.92. The number of likely N-dealkylation sites (tertiary alicyclic amines) is 1. The van der Waals surface area contributed by atoms with Gasteiger partial charge in [-0.2, -0.15) is 0 Å². The first-order valence-electron chi connectivity index (χ1n) is 5.96. The van der Waals surface area contributed by atoms with Crippen molar-refractivity contribution in [3.63, 3.8) is 0 Å². The van der Waals surface area contributed by atoms with Crippen LogP contribution in [0.15, 0.2) is 22.6 Å². The summed E-state index contributed by atoms with van der Waals surface area (Å²) in [6, 6.07) is 1.76. The topological polar surface area (TPSA) is 55.2 Å². The van der Waals surface area contributed by atoms with Crippen LogP contribution in [0, 0.1) is 0 Å². The van der Waals surface area contributed by atoms with Gasteiger partial charge in [0, 0.05) is 13.1 Å². The second-order valence-electron chi connectivity index (χ2n) is 4.40. The molecule has 0 atom stereocenters. The third-order valence-corrected chi connectivity index (χ3v) is 4.04. The Hall–Kier alpha value is -1.69. The molecule has 1 aliphatic heterocycles. The van der Waals surface area contributed by atoms with Crippen molar-refractivity contribution in [2.75, 3.05) is 13.1 Å². The summed E-state index contributed by atoms with van der Waals surface area (Å²) in [5.74, 6) is 0.00554. The molecule has 5 nitrogen and oxygen atoms in total. The SMILES string of the molecule is O=C(Cn1cnc2sccc2c1=O)N1CCCC1. The van der Waals surface area contributed by atoms with E-state index >= 15 is 0 Å². The first-order valence-corrected chi connectivity index (χ1v) is 6.84. The molecule has 0 radical (unpaired) electrons. The van der Waals surface area contributed by atoms with Gasteiger partial charge in [-0.15, -0.1) is 11.3 Å². The van der Waals surface area contributed by atoms with E-state index in [1.165, 1.54) is 22.2 Å². The number of hydrogen-bond acceptors (Lipinski definition) is 4. The van der Waals surface area contributed by atoms with E-state index in [4.69, 9.17) is 0 Å². The lowest BCUT2D eigenvalue weighted by molar-refractivity contribution is -0.130. The van der Waals surface area contributed by atoms with Crippen molar-refractivity contribution in [3.8, 4) is 0 Å². The molecule has 1 saturated heterocycles. The zero-order valence-electron chi connectivity index (χ0n) is 9.83. The van der Waals surface area contributed by atoms with E-state index in [1.807, 2.05) is 10.3 Å². The fourth-order valence-electron chi connectivity index (χ4n) is 2.22. The quantitative estimate of drug-likeness (QED) is 0.814. The lowest BCUT2D eigenvalue weighted by atomic mass is 10.4. The molecule has 1 aliphatic rings. The van der Waals surface area contributed by atoms with Crippen molar-refractivity contribution >= 4 is 27.5 Å². The zero-order chi connectivity index (χ0) is 12.5. The molecule has 0 spiro atoms. The molecule has 0 aromatic carbocycles. The lowest BCUT2D eigenvalue weighted by Crippen LogP contribution is -2.34. The molecular weight excluding hydrogens is 250 g/mol. The monoisotopic (exact) mass is 263 g/mol. The van der Waals surface area contributed by atoms with E-state index in [2.05, 4.69) is 4.98 Å². The number of carbonyl (C=O) groups excluding carboxylic acids is 1. The fraction of sp³-hybridized carbons (Fsp3) is 0.417. The van der Waals surface area contributed by atoms with Crippen LogP contribution in [0.5, 0.6) is 0 Å². The molecule has 2 aromatic rings. The van der Waals surface area contributed by atoms with Crippen LogP contribution in [0.3, 0.4) is 0 Å². The first-order chi connectivity index (χ1) is 8.75. The number of fused-ring (bicyclic) bond motifs is 1. The Morgan fingerprint density at radius 1 is 1.39 bits per heavy atom. The molecule has 6 heteroatoms. The van der Waals surface area contributed by atoms with Crippen molar-refractivity contribution < 1.29 is 4.79 Å². The maximum absolute atomic E-state index is 12.1. The van der Waals surface area contributed by atoms with Gasteiger partial charge >= 0.3 is 0 Å². The molecule has 0 N–H and O–H groups in total. The summed E-state index contributed by atoms with van der Waals surface area (Å²) >= 11 is 1.43. The van der Waals surface area contributed by atoms with Crippen molar-refractivity contribution in [3.05, 3.63) is 28.1 Å². The van der Waals surface area contributed by atoms with Crippen LogP contribution in [0.4, 0.5) is 0 Å². The Bertz CT molecular complexity index is 640. The van der Waals surface area contributed by atoms with Crippen LogP contribution in [-0.2, 0) is 11.3 Å². The highest BCUT2D eigenvalue weighted by Gasteiger charge is 2.18. The molecular formula is C12H13N3O2S. The summed E-state index contributed by atoms with van der Waals surface area (Å²) in [4.78, 5) is 30.8. The average Bonchev–Trinajstić information content (AvgIpc) is 3.02. The molecule has 94 valence electrons. The smallest absolute Gasteiger partial charge is 0.262 e. The Balaban J connectivity index is 1.88. The van der Waals surface area contributed by atoms with Gasteiger partial charge in [0.1, 0.15) is 11.4 Å². The van der Waals surface area contributed by atoms with E-state index in [1.54, 1.807) is 6.07 Å². The largest absolute Gasteiger partial charge is 0.341 e. The molecule has 0 unspecified atom stereocenters. The summed E-state index contributed by atoms with van der Waals surface area (Å²) in [7, 11) is 0. The molecule has 0 aliphatic carbocycles. The summed E-state index contributed by atoms with van der Waals surface area (Å²) in [5, 5.41) is 2.43. The average molecular weight is 263 g/mol. The summed E-state index contributed by atoms with van der Waals surface area (Å²) < 4.78 is 1.40. The number of rotatable bonds is 2. The van der Waals surface area contributed by atoms with Crippen LogP contribution in [-0.4, -0.2) is 33.4 Å². The normalized spacial score (nSPS) is 15.4. The molecule has 18 heavy (non-hydrogen) atoms. The second kappa shape index (κ2) is 4.53. The Morgan fingerprint density at radius 3 is 2.94 bits per heavy atom. The number of thiophene rings is 1. The summed E-state index contributed by atoms with van der Waals surface area (Å²) in [6.45, 7) is 1.71. The number of nitrogens with zero attached hydrogens (tertiary/aromatic N) is 3. The van der Waals surface area contributed by atoms with E-state index in [0.29, 0.717) is 5.39 Å². The van der Waals surface area contributed by atoms with Gasteiger partial charge in [0.2, 0.25) is 5.91 Å². The van der Waals surface area contributed by atoms with Crippen LogP contribution in [0.2, 0.25) is 0 Å². The lowest BCUT2D eigenvalue weighted by Gasteiger charge is -2.15. The number of aromatic nitrogens is 2. The molecule has 0 saturated carbocycles. The predicted octanol–water partition coefficient (Wildman–Crippen LogP) is 1.08. The first kappa shape index (κ1) is 11.4. The summed E-state index contributed by atoms with van der Waals surface area (Å²) in [6.07, 6.45) is 3.58. The van der Waals surface area contributed by atoms with Crippen molar-refractivity contribution in [2.24, 2.45) is 0 Å². The van der Waals surface area contributed by atoms with Gasteiger partial charge in [-0.05, 0) is 24.3 Å². The van der Waals surface area contributed by atoms with Crippen LogP contribution >= 0.6 is 11.3 Å². The maximum atomic E-state index is 12.1. The fourth-order valence-corrected chi connectivity index (χ4v) is 2.94. The van der Waals surface area contributed by atoms with Gasteiger partial charge in [-0.25, -0.2) is 4.98 Å². The van der Waals surface area contributed by atoms with Crippen LogP contribution in [0.25, 0.3) is 10.2 Å². The minimum absolute atomic E-state index is 0.00554. The number of amides is 1. The Morgan fingerprint density at radius 2 is 2.17 bits per heavy atom. The van der Waals surface area contributed by atoms with E-state index in [-0.39, 0.29) is 18.0 Å². The van der Waals surface area contributed by atoms with Gasteiger partial charge in [0.05, 0.1) is 11.7 Å². The third-order valence-electron chi connectivity index (χ3n) is 3.21. The maximum Gasteiger partial charge on any atom is 0.262 e. The van der Waals surface area contributed by atoms with Crippen molar-refractivity contribution in [2.45, 2.75) is 19.4 Å². The zero-order valence-corrected chi connectivity index (χ0v) is 10.7. The number of hydrogen-bond donors (Lipinski definition) is 0. The van der Waals surface area contributed by atoms with Gasteiger partial charge < -0.3 is 4.90 Å². The van der Waals surface area contributed by atoms with Crippen LogP contribution in [0.1, 0.15) is 12.8 Å². The summed E-state index contributed by atoms with van der Waals surface area (Å²) in [5.41, 5.74) is -0.131. The highest BCUT2D eigenvalue weighted by atomic mass is 32.1. The minimum atomic E-state index is -0.131. The van der Waals surface area contributed by atoms with Crippen LogP contribution < -0.4 is 5.56 Å². The molecule has 3 heterocycles. The number of carbonyl (C=O) groups is 1. The van der Waals surface area contributed by atoms with Gasteiger partial charge in [0.25, 0.3) is 5.56 Å². The minimum Gasteiger partial charge on any atom is -0.341 e. The van der Waals surface area contributed by atoms with Gasteiger partial charge in [0.15, 0.2) is 0 Å². The Labute approximate surface area is 108 Å². The molecule has 0 bridgehead atoms. The predicted molar refractivity (Wildman–Crippen MR) is 69.7 cm³/mol. The van der Waals surface area contributed by atoms with E-state index in [9.17, 15) is 9.59 Å². The highest BCUT2D eigenvalue weighted by Crippen LogP contribution is 2.13. The van der Waals surface area contributed by atoms with Crippen molar-refractivity contribution in [1.29, 1.82) is 0 Å². The standard InChI is InChI=1S/C12H13N3O2S/c16-10(14-4-1-2-5-14)7-15-8-13-11-9(12(15)17)3-6-18-11/h3,6,8H,1-2,4-5,7H2. The van der Waals surface area contributed by atoms with Crippen molar-refractivity contribution in [1.82, 2.24) is 14.5 Å². The molecule has 1 fully saturated rings. The van der Waals surface area contributed by atoms with Gasteiger partial charge in [-0.3, -0.25) is 14.2 Å². The second-order valence-corrected chi connectivity index (χ2v) is 5.30. The highest BCUT2D eigenvalue weighted by molar-refractivity contribution is 7.16. The Kier molecular flexibility index (Phi) is 2.87. The van der Waals surface area contributed by atoms with E-state index in [0.717, 1.165) is 30.8 Å². The molecule has 1 amide bonds. The van der Waals surface area contributed by atoms with Gasteiger partial charge in [-0.1, -0.05) is 0 Å².